The Balaban J connectivity index is 2.77. The highest BCUT2D eigenvalue weighted by Gasteiger charge is 2.38. The van der Waals surface area contributed by atoms with Crippen molar-refractivity contribution >= 4 is 17.0 Å². The van der Waals surface area contributed by atoms with Crippen LogP contribution in [0.4, 0.5) is 13.2 Å². The molecule has 1 aromatic carbocycles. The molecule has 2 aromatic rings. The summed E-state index contributed by atoms with van der Waals surface area (Å²) in [5.41, 5.74) is -0.370. The second kappa shape index (κ2) is 5.36. The van der Waals surface area contributed by atoms with Gasteiger partial charge in [0.2, 0.25) is 5.82 Å². The summed E-state index contributed by atoms with van der Waals surface area (Å²) in [5, 5.41) is 18.2. The van der Waals surface area contributed by atoms with Crippen molar-refractivity contribution < 1.29 is 28.2 Å². The summed E-state index contributed by atoms with van der Waals surface area (Å²) in [6.45, 7) is 1.08. The molecule has 1 aromatic heterocycles. The van der Waals surface area contributed by atoms with Gasteiger partial charge in [-0.1, -0.05) is 13.0 Å². The number of aliphatic hydroxyl groups is 1. The van der Waals surface area contributed by atoms with Gasteiger partial charge in [0.1, 0.15) is 0 Å². The normalized spacial score (nSPS) is 13.6. The van der Waals surface area contributed by atoms with E-state index in [1.54, 1.807) is 6.92 Å². The van der Waals surface area contributed by atoms with Gasteiger partial charge in [0.05, 0.1) is 16.6 Å². The number of halogens is 3. The van der Waals surface area contributed by atoms with Crippen molar-refractivity contribution in [2.75, 3.05) is 6.61 Å². The third kappa shape index (κ3) is 2.85. The fourth-order valence-electron chi connectivity index (χ4n) is 2.12. The molecule has 0 radical (unpaired) electrons. The number of aromatic nitrogens is 2. The Labute approximate surface area is 117 Å². The van der Waals surface area contributed by atoms with E-state index in [1.165, 1.54) is 18.2 Å². The van der Waals surface area contributed by atoms with Gasteiger partial charge in [-0.05, 0) is 18.1 Å². The Morgan fingerprint density at radius 3 is 2.62 bits per heavy atom. The van der Waals surface area contributed by atoms with Gasteiger partial charge in [-0.15, -0.1) is 0 Å². The lowest BCUT2D eigenvalue weighted by Gasteiger charge is -2.15. The van der Waals surface area contributed by atoms with E-state index >= 15 is 0 Å². The van der Waals surface area contributed by atoms with E-state index in [9.17, 15) is 18.0 Å². The first kappa shape index (κ1) is 15.3. The number of nitrogens with zero attached hydrogens (tertiary/aromatic N) is 2. The highest BCUT2D eigenvalue weighted by molar-refractivity contribution is 6.01. The maximum Gasteiger partial charge on any atom is 0.449 e. The van der Waals surface area contributed by atoms with Crippen molar-refractivity contribution in [3.63, 3.8) is 0 Å². The number of fused-ring (bicyclic) bond motifs is 1. The molecule has 8 heteroatoms. The maximum atomic E-state index is 13.1. The number of hydrogen-bond acceptors (Lipinski definition) is 3. The predicted octanol–water partition coefficient (Wildman–Crippen LogP) is 2.38. The lowest BCUT2D eigenvalue weighted by atomic mass is 10.1. The minimum Gasteiger partial charge on any atom is -0.478 e. The van der Waals surface area contributed by atoms with E-state index in [2.05, 4.69) is 4.98 Å². The second-order valence-corrected chi connectivity index (χ2v) is 4.81. The molecule has 0 fully saturated rings. The van der Waals surface area contributed by atoms with Crippen molar-refractivity contribution in [1.29, 1.82) is 0 Å². The molecule has 0 saturated heterocycles. The highest BCUT2D eigenvalue weighted by Crippen LogP contribution is 2.33. The van der Waals surface area contributed by atoms with Gasteiger partial charge < -0.3 is 14.8 Å². The van der Waals surface area contributed by atoms with Crippen LogP contribution in [-0.2, 0) is 12.7 Å². The molecule has 0 aliphatic rings. The van der Waals surface area contributed by atoms with Crippen LogP contribution in [0.5, 0.6) is 0 Å². The van der Waals surface area contributed by atoms with Crippen LogP contribution in [0, 0.1) is 5.92 Å². The van der Waals surface area contributed by atoms with Crippen molar-refractivity contribution in [1.82, 2.24) is 9.55 Å². The van der Waals surface area contributed by atoms with Gasteiger partial charge in [0, 0.05) is 13.2 Å². The molecule has 1 heterocycles. The largest absolute Gasteiger partial charge is 0.478 e. The molecule has 0 spiro atoms. The van der Waals surface area contributed by atoms with Crippen LogP contribution in [0.1, 0.15) is 23.1 Å². The van der Waals surface area contributed by atoms with Crippen LogP contribution in [0.2, 0.25) is 0 Å². The molecule has 0 bridgehead atoms. The van der Waals surface area contributed by atoms with Crippen molar-refractivity contribution in [2.45, 2.75) is 19.6 Å². The number of aromatic carboxylic acids is 1. The molecule has 5 nitrogen and oxygen atoms in total. The van der Waals surface area contributed by atoms with Gasteiger partial charge >= 0.3 is 12.1 Å². The molecule has 0 saturated carbocycles. The summed E-state index contributed by atoms with van der Waals surface area (Å²) in [5.74, 6) is -2.95. The summed E-state index contributed by atoms with van der Waals surface area (Å²) in [6.07, 6.45) is -4.70. The first-order chi connectivity index (χ1) is 9.75. The Kier molecular flexibility index (Phi) is 3.91. The Morgan fingerprint density at radius 1 is 1.43 bits per heavy atom. The third-order valence-corrected chi connectivity index (χ3v) is 3.06. The monoisotopic (exact) mass is 302 g/mol. The molecular formula is C13H13F3N2O3. The number of para-hydroxylation sites is 1. The van der Waals surface area contributed by atoms with Gasteiger partial charge in [-0.3, -0.25) is 0 Å². The van der Waals surface area contributed by atoms with Gasteiger partial charge in [0.25, 0.3) is 0 Å². The van der Waals surface area contributed by atoms with E-state index in [4.69, 9.17) is 10.2 Å². The van der Waals surface area contributed by atoms with Gasteiger partial charge in [0.15, 0.2) is 0 Å². The van der Waals surface area contributed by atoms with E-state index in [0.717, 1.165) is 4.57 Å². The zero-order valence-electron chi connectivity index (χ0n) is 11.1. The zero-order valence-corrected chi connectivity index (χ0v) is 11.1. The lowest BCUT2D eigenvalue weighted by molar-refractivity contribution is -0.147. The van der Waals surface area contributed by atoms with Crippen LogP contribution in [0.25, 0.3) is 11.0 Å². The first-order valence-corrected chi connectivity index (χ1v) is 6.16. The molecule has 0 aliphatic heterocycles. The zero-order chi connectivity index (χ0) is 15.8. The Hall–Kier alpha value is -2.09. The summed E-state index contributed by atoms with van der Waals surface area (Å²) >= 11 is 0. The number of carboxylic acids is 1. The summed E-state index contributed by atoms with van der Waals surface area (Å²) in [7, 11) is 0. The third-order valence-electron chi connectivity index (χ3n) is 3.06. The molecule has 114 valence electrons. The molecule has 0 amide bonds. The average Bonchev–Trinajstić information content (AvgIpc) is 2.77. The number of carbonyl (C=O) groups is 1. The smallest absolute Gasteiger partial charge is 0.449 e. The maximum absolute atomic E-state index is 13.1. The van der Waals surface area contributed by atoms with Crippen LogP contribution in [0.15, 0.2) is 18.2 Å². The number of rotatable bonds is 4. The number of hydrogen-bond donors (Lipinski definition) is 2. The second-order valence-electron chi connectivity index (χ2n) is 4.81. The summed E-state index contributed by atoms with van der Waals surface area (Å²) < 4.78 is 40.1. The van der Waals surface area contributed by atoms with Gasteiger partial charge in [-0.2, -0.15) is 13.2 Å². The number of benzene rings is 1. The summed E-state index contributed by atoms with van der Waals surface area (Å²) in [6, 6.07) is 3.91. The number of alkyl halides is 3. The molecule has 2 N–H and O–H groups in total. The Morgan fingerprint density at radius 2 is 2.10 bits per heavy atom. The van der Waals surface area contributed by atoms with E-state index < -0.39 is 23.9 Å². The van der Waals surface area contributed by atoms with Crippen LogP contribution < -0.4 is 0 Å². The fraction of sp³-hybridized carbons (Fsp3) is 0.385. The molecule has 1 atom stereocenters. The molecule has 0 aliphatic carbocycles. The number of aliphatic hydroxyl groups excluding tert-OH is 1. The summed E-state index contributed by atoms with van der Waals surface area (Å²) in [4.78, 5) is 14.7. The minimum atomic E-state index is -4.70. The fourth-order valence-corrected chi connectivity index (χ4v) is 2.12. The van der Waals surface area contributed by atoms with Crippen LogP contribution in [0.3, 0.4) is 0 Å². The van der Waals surface area contributed by atoms with Gasteiger partial charge in [-0.25, -0.2) is 9.78 Å². The lowest BCUT2D eigenvalue weighted by Crippen LogP contribution is -2.20. The quantitative estimate of drug-likeness (QED) is 0.909. The standard InChI is InChI=1S/C13H13F3N2O3/c1-7(6-19)5-18-10-8(11(20)21)3-2-4-9(10)17-12(18)13(14,15)16/h2-4,7,19H,5-6H2,1H3,(H,20,21). The molecule has 2 rings (SSSR count). The van der Waals surface area contributed by atoms with Crippen LogP contribution in [-0.4, -0.2) is 32.3 Å². The molecular weight excluding hydrogens is 289 g/mol. The minimum absolute atomic E-state index is 0.0348. The van der Waals surface area contributed by atoms with Crippen LogP contribution >= 0.6 is 0 Å². The van der Waals surface area contributed by atoms with Crippen molar-refractivity contribution in [3.8, 4) is 0 Å². The topological polar surface area (TPSA) is 75.3 Å². The SMILES string of the molecule is CC(CO)Cn1c(C(F)(F)F)nc2cccc(C(=O)O)c21. The van der Waals surface area contributed by atoms with Crippen molar-refractivity contribution in [2.24, 2.45) is 5.92 Å². The molecule has 1 unspecified atom stereocenters. The number of carboxylic acid groups (broad SMARTS) is 1. The Bertz CT molecular complexity index is 679. The predicted molar refractivity (Wildman–Crippen MR) is 67.9 cm³/mol. The highest BCUT2D eigenvalue weighted by atomic mass is 19.4. The van der Waals surface area contributed by atoms with Crippen molar-refractivity contribution in [3.05, 3.63) is 29.6 Å². The first-order valence-electron chi connectivity index (χ1n) is 6.16. The average molecular weight is 302 g/mol. The number of imidazole rings is 1. The van der Waals surface area contributed by atoms with E-state index in [0.29, 0.717) is 0 Å². The van der Waals surface area contributed by atoms with E-state index in [1.807, 2.05) is 0 Å². The van der Waals surface area contributed by atoms with E-state index in [-0.39, 0.29) is 29.7 Å². The molecule has 21 heavy (non-hydrogen) atoms.